The minimum absolute atomic E-state index is 0.361. The molecule has 0 saturated carbocycles. The van der Waals surface area contributed by atoms with E-state index in [0.29, 0.717) is 4.89 Å². The van der Waals surface area contributed by atoms with Gasteiger partial charge < -0.3 is 0 Å². The Labute approximate surface area is 26.4 Å². The first-order valence-electron chi connectivity index (χ1n) is 0.851. The molecule has 1 aromatic heterocycles. The molecule has 0 aliphatic heterocycles. The van der Waals surface area contributed by atoms with Crippen molar-refractivity contribution in [3.05, 3.63) is 9.69 Å². The lowest BCUT2D eigenvalue weighted by atomic mass is 11.8. The summed E-state index contributed by atoms with van der Waals surface area (Å²) in [4.78, 5) is 9.89. The van der Waals surface area contributed by atoms with Gasteiger partial charge in [0.1, 0.15) is 0 Å². The summed E-state index contributed by atoms with van der Waals surface area (Å²) in [5.41, 5.74) is 0. The normalized spacial score (nSPS) is 13.0. The first-order chi connectivity index (χ1) is 1.89. The zero-order valence-electron chi connectivity index (χ0n) is 1.80. The summed E-state index contributed by atoms with van der Waals surface area (Å²) in [6.07, 6.45) is 0. The van der Waals surface area contributed by atoms with Gasteiger partial charge in [-0.15, -0.1) is 0 Å². The van der Waals surface area contributed by atoms with Crippen molar-refractivity contribution in [3.63, 3.8) is 0 Å². The maximum absolute atomic E-state index is 9.53. The second-order valence-electron chi connectivity index (χ2n) is 0.483. The van der Waals surface area contributed by atoms with Crippen LogP contribution in [0.1, 0.15) is 0 Å². The van der Waals surface area contributed by atoms with Gasteiger partial charge in [0.25, 0.3) is 0 Å². The van der Waals surface area contributed by atoms with Crippen molar-refractivity contribution in [3.8, 4) is 0 Å². The topological polar surface area (TPSA) is 17.1 Å². The van der Waals surface area contributed by atoms with E-state index in [-0.39, 0.29) is 0 Å². The van der Waals surface area contributed by atoms with E-state index < -0.39 is 0 Å². The van der Waals surface area contributed by atoms with Crippen LogP contribution in [0.4, 0.5) is 0 Å². The molecule has 0 amide bonds. The Hall–Kier alpha value is 0.270. The van der Waals surface area contributed by atoms with E-state index >= 15 is 0 Å². The van der Waals surface area contributed by atoms with Crippen molar-refractivity contribution >= 4 is 15.7 Å². The Kier molecular flexibility index (Phi) is 0.380. The third-order valence-corrected chi connectivity index (χ3v) is 1.63. The summed E-state index contributed by atoms with van der Waals surface area (Å²) in [5.74, 6) is 0. The highest BCUT2D eigenvalue weighted by molar-refractivity contribution is 8.02. The molecule has 0 unspecified atom stereocenters. The summed E-state index contributed by atoms with van der Waals surface area (Å²) in [7, 11) is 2.00. The summed E-state index contributed by atoms with van der Waals surface area (Å²) < 4.78 is 0. The predicted molar refractivity (Wildman–Crippen MR) is 20.1 cm³/mol. The fourth-order valence-electron chi connectivity index (χ4n) is 0.0204. The molecule has 20 valence electrons. The summed E-state index contributed by atoms with van der Waals surface area (Å²) in [6, 6.07) is 0. The summed E-state index contributed by atoms with van der Waals surface area (Å²) >= 11 is 0. The molecule has 0 atom stereocenters. The van der Waals surface area contributed by atoms with E-state index in [9.17, 15) is 4.79 Å². The Morgan fingerprint density at radius 2 is 1.75 bits per heavy atom. The second-order valence-corrected chi connectivity index (χ2v) is 3.25. The molecule has 1 heterocycles. The van der Waals surface area contributed by atoms with E-state index in [1.54, 1.807) is 0 Å². The van der Waals surface area contributed by atoms with Crippen molar-refractivity contribution < 1.29 is 0 Å². The maximum Gasteiger partial charge on any atom is 0.238 e. The molecule has 0 aliphatic carbocycles. The smallest absolute Gasteiger partial charge is 0.238 e. The van der Waals surface area contributed by atoms with Crippen LogP contribution >= 0.6 is 15.7 Å². The minimum atomic E-state index is 0.361. The van der Waals surface area contributed by atoms with Crippen LogP contribution in [-0.4, -0.2) is 0 Å². The number of hydrogen-bond acceptors (Lipinski definition) is 1. The lowest BCUT2D eigenvalue weighted by molar-refractivity contribution is 2.30. The van der Waals surface area contributed by atoms with E-state index in [0.717, 1.165) is 15.7 Å². The van der Waals surface area contributed by atoms with Crippen LogP contribution in [0.15, 0.2) is 4.79 Å². The standard InChI is InChI=1S/COP2/c2-1-3-4-1. The van der Waals surface area contributed by atoms with Crippen LogP contribution in [0.3, 0.4) is 0 Å². The zero-order valence-corrected chi connectivity index (χ0v) is 3.59. The quantitative estimate of drug-likeness (QED) is 0.465. The molecular formula is COP2. The van der Waals surface area contributed by atoms with Crippen molar-refractivity contribution in [2.45, 2.75) is 0 Å². The number of rotatable bonds is 0. The van der Waals surface area contributed by atoms with Gasteiger partial charge in [-0.05, 0) is 0 Å². The third kappa shape index (κ3) is 0.342. The Morgan fingerprint density at radius 1 is 1.50 bits per heavy atom. The summed E-state index contributed by atoms with van der Waals surface area (Å²) in [6.45, 7) is 0. The molecule has 3 heteroatoms. The SMILES string of the molecule is O=c1pp1. The third-order valence-electron chi connectivity index (χ3n) is 0.182. The van der Waals surface area contributed by atoms with Gasteiger partial charge in [0.05, 0.1) is 0 Å². The van der Waals surface area contributed by atoms with Gasteiger partial charge in [-0.2, -0.15) is 0 Å². The van der Waals surface area contributed by atoms with Gasteiger partial charge in [-0.25, -0.2) is 0 Å². The van der Waals surface area contributed by atoms with Crippen molar-refractivity contribution in [2.24, 2.45) is 0 Å². The van der Waals surface area contributed by atoms with Crippen molar-refractivity contribution in [2.75, 3.05) is 0 Å². The molecule has 0 saturated heterocycles. The molecule has 1 aromatic rings. The average molecular weight is 90.0 g/mol. The highest BCUT2D eigenvalue weighted by Gasteiger charge is 1.83. The average Bonchev–Trinajstić information content (AvgIpc) is 1.75. The van der Waals surface area contributed by atoms with E-state index in [2.05, 4.69) is 0 Å². The van der Waals surface area contributed by atoms with E-state index in [4.69, 9.17) is 0 Å². The molecule has 0 bridgehead atoms. The van der Waals surface area contributed by atoms with Gasteiger partial charge in [-0.1, -0.05) is 0 Å². The molecule has 1 nitrogen and oxygen atoms in total. The van der Waals surface area contributed by atoms with Crippen LogP contribution in [0, 0.1) is 0 Å². The zero-order chi connectivity index (χ0) is 2.99. The second kappa shape index (κ2) is 0.607. The van der Waals surface area contributed by atoms with Crippen LogP contribution < -0.4 is 4.89 Å². The van der Waals surface area contributed by atoms with Crippen molar-refractivity contribution in [1.82, 2.24) is 0 Å². The van der Waals surface area contributed by atoms with E-state index in [1.165, 1.54) is 0 Å². The summed E-state index contributed by atoms with van der Waals surface area (Å²) in [5, 5.41) is 0. The molecule has 0 aromatic carbocycles. The van der Waals surface area contributed by atoms with Gasteiger partial charge in [0.2, 0.25) is 4.89 Å². The lowest BCUT2D eigenvalue weighted by Crippen LogP contribution is -1.53. The van der Waals surface area contributed by atoms with Crippen LogP contribution in [0.2, 0.25) is 0 Å². The lowest BCUT2D eigenvalue weighted by Gasteiger charge is -1.08. The highest BCUT2D eigenvalue weighted by Crippen LogP contribution is 2.17. The first kappa shape index (κ1) is 2.50. The number of hydrogen-bond donors (Lipinski definition) is 0. The molecular weight excluding hydrogens is 90.0 g/mol. The van der Waals surface area contributed by atoms with Gasteiger partial charge in [-0.3, -0.25) is 4.79 Å². The van der Waals surface area contributed by atoms with Crippen molar-refractivity contribution in [1.29, 1.82) is 0 Å². The van der Waals surface area contributed by atoms with Crippen LogP contribution in [-0.2, 0) is 0 Å². The van der Waals surface area contributed by atoms with E-state index in [1.807, 2.05) is 0 Å². The molecule has 0 fully saturated rings. The Balaban J connectivity index is 3.55. The van der Waals surface area contributed by atoms with Gasteiger partial charge >= 0.3 is 0 Å². The van der Waals surface area contributed by atoms with Crippen LogP contribution in [0.5, 0.6) is 0 Å². The molecule has 0 N–H and O–H groups in total. The molecule has 0 spiro atoms. The Morgan fingerprint density at radius 3 is 1.75 bits per heavy atom. The predicted octanol–water partition coefficient (Wildman–Crippen LogP) is 1.08. The van der Waals surface area contributed by atoms with Crippen LogP contribution in [0.25, 0.3) is 0 Å². The molecule has 4 heavy (non-hydrogen) atoms. The minimum Gasteiger partial charge on any atom is -0.279 e. The van der Waals surface area contributed by atoms with Gasteiger partial charge in [0.15, 0.2) is 0 Å². The molecule has 0 aliphatic rings. The highest BCUT2D eigenvalue weighted by atomic mass is 31.9. The molecule has 1 rings (SSSR count). The molecule has 0 radical (unpaired) electrons. The Bertz CT molecular complexity index is 94.8. The largest absolute Gasteiger partial charge is 0.279 e. The fraction of sp³-hybridized carbons (Fsp3) is 0. The maximum atomic E-state index is 9.53. The monoisotopic (exact) mass is 89.9 g/mol. The fourth-order valence-corrected chi connectivity index (χ4v) is 0.184. The first-order valence-corrected chi connectivity index (χ1v) is 3.35. The van der Waals surface area contributed by atoms with Gasteiger partial charge in [0, 0.05) is 15.7 Å².